The monoisotopic (exact) mass is 234 g/mol. The zero-order valence-electron chi connectivity index (χ0n) is 11.8. The van der Waals surface area contributed by atoms with Gasteiger partial charge in [0.15, 0.2) is 0 Å². The Labute approximate surface area is 106 Å². The van der Waals surface area contributed by atoms with Crippen LogP contribution in [0.4, 0.5) is 5.69 Å². The Morgan fingerprint density at radius 3 is 2.41 bits per heavy atom. The molecular formula is C15H26N2. The zero-order valence-corrected chi connectivity index (χ0v) is 11.8. The van der Waals surface area contributed by atoms with Crippen LogP contribution < -0.4 is 10.2 Å². The Balaban J connectivity index is 2.98. The minimum atomic E-state index is 0.445. The van der Waals surface area contributed by atoms with Gasteiger partial charge in [-0.15, -0.1) is 0 Å². The Bertz CT molecular complexity index is 329. The van der Waals surface area contributed by atoms with Crippen LogP contribution in [-0.2, 0) is 0 Å². The van der Waals surface area contributed by atoms with Crippen molar-refractivity contribution in [3.8, 4) is 0 Å². The van der Waals surface area contributed by atoms with Gasteiger partial charge in [-0.3, -0.25) is 0 Å². The molecule has 2 nitrogen and oxygen atoms in total. The molecule has 0 bridgehead atoms. The van der Waals surface area contributed by atoms with Gasteiger partial charge in [0.05, 0.1) is 0 Å². The third-order valence-electron chi connectivity index (χ3n) is 3.12. The molecule has 1 rings (SSSR count). The minimum Gasteiger partial charge on any atom is -0.374 e. The molecule has 0 aliphatic rings. The van der Waals surface area contributed by atoms with Crippen LogP contribution in [0.3, 0.4) is 0 Å². The zero-order chi connectivity index (χ0) is 12.8. The highest BCUT2D eigenvalue weighted by Crippen LogP contribution is 2.27. The summed E-state index contributed by atoms with van der Waals surface area (Å²) in [7, 11) is 4.22. The number of rotatable bonds is 6. The van der Waals surface area contributed by atoms with Crippen LogP contribution >= 0.6 is 0 Å². The predicted molar refractivity (Wildman–Crippen MR) is 76.6 cm³/mol. The molecule has 1 unspecified atom stereocenters. The van der Waals surface area contributed by atoms with Gasteiger partial charge >= 0.3 is 0 Å². The summed E-state index contributed by atoms with van der Waals surface area (Å²) in [6.07, 6.45) is 1.11. The quantitative estimate of drug-likeness (QED) is 0.811. The number of benzene rings is 1. The summed E-state index contributed by atoms with van der Waals surface area (Å²) in [6, 6.07) is 9.15. The second kappa shape index (κ2) is 6.65. The number of nitrogens with one attached hydrogen (secondary N) is 1. The van der Waals surface area contributed by atoms with Gasteiger partial charge in [0.2, 0.25) is 0 Å². The van der Waals surface area contributed by atoms with E-state index in [2.05, 4.69) is 62.3 Å². The molecule has 17 heavy (non-hydrogen) atoms. The molecular weight excluding hydrogens is 208 g/mol. The molecule has 0 saturated heterocycles. The molecule has 0 aliphatic carbocycles. The van der Waals surface area contributed by atoms with Crippen LogP contribution in [0.25, 0.3) is 0 Å². The molecule has 2 heteroatoms. The molecule has 0 heterocycles. The summed E-state index contributed by atoms with van der Waals surface area (Å²) in [5.41, 5.74) is 2.75. The Hall–Kier alpha value is -1.02. The Kier molecular flexibility index (Phi) is 5.49. The van der Waals surface area contributed by atoms with Gasteiger partial charge in [0.1, 0.15) is 0 Å². The highest BCUT2D eigenvalue weighted by molar-refractivity contribution is 5.54. The highest BCUT2D eigenvalue weighted by atomic mass is 15.1. The molecule has 0 saturated carbocycles. The molecule has 1 atom stereocenters. The minimum absolute atomic E-state index is 0.445. The van der Waals surface area contributed by atoms with Crippen molar-refractivity contribution in [2.24, 2.45) is 5.92 Å². The number of anilines is 1. The highest BCUT2D eigenvalue weighted by Gasteiger charge is 2.14. The van der Waals surface area contributed by atoms with E-state index in [1.807, 2.05) is 7.05 Å². The van der Waals surface area contributed by atoms with E-state index < -0.39 is 0 Å². The normalized spacial score (nSPS) is 12.8. The average molecular weight is 234 g/mol. The van der Waals surface area contributed by atoms with E-state index in [1.54, 1.807) is 0 Å². The summed E-state index contributed by atoms with van der Waals surface area (Å²) in [4.78, 5) is 2.36. The summed E-state index contributed by atoms with van der Waals surface area (Å²) in [5, 5.41) is 3.39. The van der Waals surface area contributed by atoms with Gasteiger partial charge < -0.3 is 10.2 Å². The average Bonchev–Trinajstić information content (AvgIpc) is 2.30. The maximum Gasteiger partial charge on any atom is 0.0412 e. The number of nitrogens with zero attached hydrogens (tertiary/aromatic N) is 1. The van der Waals surface area contributed by atoms with Crippen molar-refractivity contribution in [2.45, 2.75) is 33.2 Å². The first-order chi connectivity index (χ1) is 8.10. The molecule has 0 aromatic heterocycles. The fourth-order valence-corrected chi connectivity index (χ4v) is 2.36. The molecule has 96 valence electrons. The maximum absolute atomic E-state index is 3.39. The van der Waals surface area contributed by atoms with E-state index in [9.17, 15) is 0 Å². The topological polar surface area (TPSA) is 15.3 Å². The van der Waals surface area contributed by atoms with Crippen molar-refractivity contribution >= 4 is 5.69 Å². The van der Waals surface area contributed by atoms with Crippen LogP contribution in [0.1, 0.15) is 38.8 Å². The smallest absolute Gasteiger partial charge is 0.0412 e. The standard InChI is InChI=1S/C15H26N2/c1-6-14(16-4)13-9-7-8-10-15(13)17(5)11-12(2)3/h7-10,12,14,16H,6,11H2,1-5H3. The second-order valence-corrected chi connectivity index (χ2v) is 5.08. The van der Waals surface area contributed by atoms with Crippen molar-refractivity contribution in [1.82, 2.24) is 5.32 Å². The SMILES string of the molecule is CCC(NC)c1ccccc1N(C)CC(C)C. The molecule has 0 aliphatic heterocycles. The molecule has 0 amide bonds. The van der Waals surface area contributed by atoms with E-state index in [0.717, 1.165) is 13.0 Å². The van der Waals surface area contributed by atoms with E-state index in [1.165, 1.54) is 11.3 Å². The van der Waals surface area contributed by atoms with E-state index in [4.69, 9.17) is 0 Å². The molecule has 0 radical (unpaired) electrons. The largest absolute Gasteiger partial charge is 0.374 e. The summed E-state index contributed by atoms with van der Waals surface area (Å²) in [6.45, 7) is 7.83. The van der Waals surface area contributed by atoms with Crippen molar-refractivity contribution < 1.29 is 0 Å². The van der Waals surface area contributed by atoms with E-state index in [0.29, 0.717) is 12.0 Å². The lowest BCUT2D eigenvalue weighted by atomic mass is 10.0. The fourth-order valence-electron chi connectivity index (χ4n) is 2.36. The summed E-state index contributed by atoms with van der Waals surface area (Å²) < 4.78 is 0. The number of hydrogen-bond acceptors (Lipinski definition) is 2. The van der Waals surface area contributed by atoms with Crippen molar-refractivity contribution in [3.05, 3.63) is 29.8 Å². The molecule has 1 aromatic rings. The van der Waals surface area contributed by atoms with Crippen LogP contribution in [0.2, 0.25) is 0 Å². The van der Waals surface area contributed by atoms with Gasteiger partial charge in [0, 0.05) is 25.3 Å². The molecule has 1 N–H and O–H groups in total. The van der Waals surface area contributed by atoms with Gasteiger partial charge in [-0.05, 0) is 31.0 Å². The summed E-state index contributed by atoms with van der Waals surface area (Å²) >= 11 is 0. The lowest BCUT2D eigenvalue weighted by molar-refractivity contribution is 0.571. The van der Waals surface area contributed by atoms with Crippen molar-refractivity contribution in [2.75, 3.05) is 25.5 Å². The van der Waals surface area contributed by atoms with E-state index in [-0.39, 0.29) is 0 Å². The molecule has 0 spiro atoms. The first-order valence-corrected chi connectivity index (χ1v) is 6.57. The van der Waals surface area contributed by atoms with Gasteiger partial charge in [-0.1, -0.05) is 39.0 Å². The van der Waals surface area contributed by atoms with Gasteiger partial charge in [0.25, 0.3) is 0 Å². The Morgan fingerprint density at radius 2 is 1.88 bits per heavy atom. The van der Waals surface area contributed by atoms with Crippen LogP contribution in [0.5, 0.6) is 0 Å². The molecule has 0 fully saturated rings. The number of hydrogen-bond donors (Lipinski definition) is 1. The van der Waals surface area contributed by atoms with Crippen LogP contribution in [0.15, 0.2) is 24.3 Å². The van der Waals surface area contributed by atoms with Crippen molar-refractivity contribution in [3.63, 3.8) is 0 Å². The van der Waals surface area contributed by atoms with Gasteiger partial charge in [-0.2, -0.15) is 0 Å². The van der Waals surface area contributed by atoms with Crippen LogP contribution in [0, 0.1) is 5.92 Å². The third-order valence-corrected chi connectivity index (χ3v) is 3.12. The lowest BCUT2D eigenvalue weighted by Crippen LogP contribution is -2.26. The van der Waals surface area contributed by atoms with Gasteiger partial charge in [-0.25, -0.2) is 0 Å². The fraction of sp³-hybridized carbons (Fsp3) is 0.600. The van der Waals surface area contributed by atoms with Crippen molar-refractivity contribution in [1.29, 1.82) is 0 Å². The van der Waals surface area contributed by atoms with E-state index >= 15 is 0 Å². The van der Waals surface area contributed by atoms with Crippen LogP contribution in [-0.4, -0.2) is 20.6 Å². The predicted octanol–water partition coefficient (Wildman–Crippen LogP) is 3.45. The Morgan fingerprint density at radius 1 is 1.24 bits per heavy atom. The summed E-state index contributed by atoms with van der Waals surface area (Å²) in [5.74, 6) is 0.683. The first-order valence-electron chi connectivity index (χ1n) is 6.57. The maximum atomic E-state index is 3.39. The first kappa shape index (κ1) is 14.0. The third kappa shape index (κ3) is 3.74. The molecule has 1 aromatic carbocycles. The second-order valence-electron chi connectivity index (χ2n) is 5.08. The number of para-hydroxylation sites is 1. The lowest BCUT2D eigenvalue weighted by Gasteiger charge is -2.27.